The first-order chi connectivity index (χ1) is 15.9. The van der Waals surface area contributed by atoms with Crippen LogP contribution in [0.15, 0.2) is 48.5 Å². The van der Waals surface area contributed by atoms with Gasteiger partial charge in [-0.3, -0.25) is 9.69 Å². The van der Waals surface area contributed by atoms with Crippen molar-refractivity contribution in [3.05, 3.63) is 69.7 Å². The van der Waals surface area contributed by atoms with Gasteiger partial charge < -0.3 is 14.5 Å². The molecule has 6 nitrogen and oxygen atoms in total. The number of piperidine rings is 1. The topological polar surface area (TPSA) is 53.1 Å². The van der Waals surface area contributed by atoms with Crippen molar-refractivity contribution in [1.82, 2.24) is 14.7 Å². The fraction of sp³-hybridized carbons (Fsp3) is 0.440. The third-order valence-electron chi connectivity index (χ3n) is 6.60. The highest BCUT2D eigenvalue weighted by atomic mass is 35.5. The number of nitrogens with zero attached hydrogens (tertiary/aromatic N) is 3. The van der Waals surface area contributed by atoms with Crippen molar-refractivity contribution in [2.24, 2.45) is 0 Å². The first-order valence-corrected chi connectivity index (χ1v) is 12.1. The summed E-state index contributed by atoms with van der Waals surface area (Å²) in [7, 11) is 1.84. The summed E-state index contributed by atoms with van der Waals surface area (Å²) in [6.45, 7) is 3.29. The third-order valence-corrected chi connectivity index (χ3v) is 7.34. The molecular formula is C25H29Cl2N3O3. The van der Waals surface area contributed by atoms with Gasteiger partial charge in [0.25, 0.3) is 5.91 Å². The molecule has 0 radical (unpaired) electrons. The predicted octanol–water partition coefficient (Wildman–Crippen LogP) is 4.94. The lowest BCUT2D eigenvalue weighted by atomic mass is 9.96. The molecule has 0 saturated carbocycles. The molecule has 2 heterocycles. The zero-order chi connectivity index (χ0) is 23.4. The summed E-state index contributed by atoms with van der Waals surface area (Å²) in [5, 5.41) is 0.788. The standard InChI is InChI=1S/C25H29Cl2N3O3/c1-28(24(31)19-9-10-20(26)21(27)15-19)22-11-14-30(16-23(22)29-12-5-6-13-29)25(32)33-17-18-7-3-2-4-8-18/h2-4,7-10,15,22-23H,5-6,11-14,16-17H2,1H3. The SMILES string of the molecule is CN(C(=O)c1ccc(Cl)c(Cl)c1)C1CCN(C(=O)OCc2ccccc2)CC1N1CCCC1. The Hall–Kier alpha value is -2.28. The summed E-state index contributed by atoms with van der Waals surface area (Å²) >= 11 is 12.2. The lowest BCUT2D eigenvalue weighted by Crippen LogP contribution is -2.61. The Morgan fingerprint density at radius 1 is 1.03 bits per heavy atom. The average Bonchev–Trinajstić information content (AvgIpc) is 3.38. The molecule has 176 valence electrons. The molecule has 2 aliphatic rings. The third kappa shape index (κ3) is 5.62. The lowest BCUT2D eigenvalue weighted by Gasteiger charge is -2.45. The van der Waals surface area contributed by atoms with Crippen molar-refractivity contribution in [2.45, 2.75) is 38.0 Å². The summed E-state index contributed by atoms with van der Waals surface area (Å²) in [5.74, 6) is -0.0946. The Kier molecular flexibility index (Phi) is 7.78. The molecule has 2 saturated heterocycles. The van der Waals surface area contributed by atoms with E-state index in [1.807, 2.05) is 37.4 Å². The van der Waals surface area contributed by atoms with Gasteiger partial charge in [0.1, 0.15) is 6.61 Å². The van der Waals surface area contributed by atoms with E-state index in [1.165, 1.54) is 0 Å². The van der Waals surface area contributed by atoms with Gasteiger partial charge in [-0.05, 0) is 56.1 Å². The zero-order valence-electron chi connectivity index (χ0n) is 18.8. The number of hydrogen-bond donors (Lipinski definition) is 0. The number of amides is 2. The molecule has 0 aromatic heterocycles. The van der Waals surface area contributed by atoms with Crippen molar-refractivity contribution >= 4 is 35.2 Å². The summed E-state index contributed by atoms with van der Waals surface area (Å²) in [6, 6.07) is 14.7. The second kappa shape index (κ2) is 10.8. The molecule has 0 spiro atoms. The van der Waals surface area contributed by atoms with Gasteiger partial charge in [0.2, 0.25) is 0 Å². The van der Waals surface area contributed by atoms with Crippen LogP contribution < -0.4 is 0 Å². The van der Waals surface area contributed by atoms with Crippen LogP contribution in [0.2, 0.25) is 10.0 Å². The monoisotopic (exact) mass is 489 g/mol. The van der Waals surface area contributed by atoms with Crippen LogP contribution >= 0.6 is 23.2 Å². The van der Waals surface area contributed by atoms with E-state index in [4.69, 9.17) is 27.9 Å². The smallest absolute Gasteiger partial charge is 0.410 e. The normalized spacial score (nSPS) is 21.1. The van der Waals surface area contributed by atoms with Crippen LogP contribution in [-0.4, -0.2) is 72.0 Å². The molecule has 2 aromatic carbocycles. The van der Waals surface area contributed by atoms with Crippen molar-refractivity contribution in [3.63, 3.8) is 0 Å². The van der Waals surface area contributed by atoms with Gasteiger partial charge in [0.15, 0.2) is 0 Å². The first kappa shape index (κ1) is 23.9. The number of ether oxygens (including phenoxy) is 1. The fourth-order valence-electron chi connectivity index (χ4n) is 4.76. The average molecular weight is 490 g/mol. The Balaban J connectivity index is 1.45. The van der Waals surface area contributed by atoms with Crippen molar-refractivity contribution < 1.29 is 14.3 Å². The maximum Gasteiger partial charge on any atom is 0.410 e. The Morgan fingerprint density at radius 3 is 2.45 bits per heavy atom. The molecule has 2 aromatic rings. The van der Waals surface area contributed by atoms with E-state index in [0.29, 0.717) is 35.1 Å². The van der Waals surface area contributed by atoms with Gasteiger partial charge >= 0.3 is 6.09 Å². The molecule has 33 heavy (non-hydrogen) atoms. The summed E-state index contributed by atoms with van der Waals surface area (Å²) in [4.78, 5) is 32.0. The molecule has 8 heteroatoms. The number of benzene rings is 2. The van der Waals surface area contributed by atoms with E-state index in [2.05, 4.69) is 4.90 Å². The van der Waals surface area contributed by atoms with Crippen LogP contribution in [0.25, 0.3) is 0 Å². The second-order valence-corrected chi connectivity index (χ2v) is 9.51. The van der Waals surface area contributed by atoms with Crippen LogP contribution in [0.5, 0.6) is 0 Å². The molecule has 4 rings (SSSR count). The van der Waals surface area contributed by atoms with Crippen LogP contribution in [0.1, 0.15) is 35.2 Å². The highest BCUT2D eigenvalue weighted by Gasteiger charge is 2.40. The van der Waals surface area contributed by atoms with Crippen molar-refractivity contribution in [3.8, 4) is 0 Å². The number of hydrogen-bond acceptors (Lipinski definition) is 4. The molecule has 2 fully saturated rings. The highest BCUT2D eigenvalue weighted by Crippen LogP contribution is 2.28. The van der Waals surface area contributed by atoms with E-state index in [-0.39, 0.29) is 30.7 Å². The van der Waals surface area contributed by atoms with Crippen LogP contribution in [0.4, 0.5) is 4.79 Å². The summed E-state index contributed by atoms with van der Waals surface area (Å²) < 4.78 is 5.58. The number of carbonyl (C=O) groups is 2. The zero-order valence-corrected chi connectivity index (χ0v) is 20.3. The van der Waals surface area contributed by atoms with Gasteiger partial charge in [-0.15, -0.1) is 0 Å². The van der Waals surface area contributed by atoms with Crippen molar-refractivity contribution in [2.75, 3.05) is 33.2 Å². The van der Waals surface area contributed by atoms with Crippen LogP contribution in [0.3, 0.4) is 0 Å². The van der Waals surface area contributed by atoms with Crippen LogP contribution in [-0.2, 0) is 11.3 Å². The van der Waals surface area contributed by atoms with E-state index in [9.17, 15) is 9.59 Å². The van der Waals surface area contributed by atoms with Crippen LogP contribution in [0, 0.1) is 0 Å². The molecule has 2 atom stereocenters. The Morgan fingerprint density at radius 2 is 1.76 bits per heavy atom. The minimum atomic E-state index is -0.306. The minimum absolute atomic E-state index is 0.0109. The lowest BCUT2D eigenvalue weighted by molar-refractivity contribution is 0.0225. The predicted molar refractivity (Wildman–Crippen MR) is 130 cm³/mol. The number of carbonyl (C=O) groups excluding carboxylic acids is 2. The maximum absolute atomic E-state index is 13.2. The second-order valence-electron chi connectivity index (χ2n) is 8.70. The molecule has 2 amide bonds. The molecule has 2 unspecified atom stereocenters. The van der Waals surface area contributed by atoms with Gasteiger partial charge in [-0.25, -0.2) is 4.79 Å². The van der Waals surface area contributed by atoms with E-state index < -0.39 is 0 Å². The highest BCUT2D eigenvalue weighted by molar-refractivity contribution is 6.42. The van der Waals surface area contributed by atoms with E-state index in [0.717, 1.165) is 31.5 Å². The Bertz CT molecular complexity index is 982. The fourth-order valence-corrected chi connectivity index (χ4v) is 5.06. The molecular weight excluding hydrogens is 461 g/mol. The Labute approximate surface area is 205 Å². The van der Waals surface area contributed by atoms with Gasteiger partial charge in [0.05, 0.1) is 16.1 Å². The summed E-state index contributed by atoms with van der Waals surface area (Å²) in [5.41, 5.74) is 1.47. The number of likely N-dealkylation sites (N-methyl/N-ethyl adjacent to an activating group) is 1. The number of halogens is 2. The van der Waals surface area contributed by atoms with E-state index in [1.54, 1.807) is 28.0 Å². The molecule has 2 aliphatic heterocycles. The molecule has 0 N–H and O–H groups in total. The van der Waals surface area contributed by atoms with E-state index >= 15 is 0 Å². The molecule has 0 bridgehead atoms. The largest absolute Gasteiger partial charge is 0.445 e. The number of likely N-dealkylation sites (tertiary alicyclic amines) is 2. The molecule has 0 aliphatic carbocycles. The quantitative estimate of drug-likeness (QED) is 0.596. The minimum Gasteiger partial charge on any atom is -0.445 e. The van der Waals surface area contributed by atoms with Crippen molar-refractivity contribution in [1.29, 1.82) is 0 Å². The van der Waals surface area contributed by atoms with Gasteiger partial charge in [-0.1, -0.05) is 53.5 Å². The first-order valence-electron chi connectivity index (χ1n) is 11.4. The number of rotatable bonds is 5. The maximum atomic E-state index is 13.2. The van der Waals surface area contributed by atoms with Gasteiger partial charge in [0, 0.05) is 31.7 Å². The van der Waals surface area contributed by atoms with Gasteiger partial charge in [-0.2, -0.15) is 0 Å². The summed E-state index contributed by atoms with van der Waals surface area (Å²) in [6.07, 6.45) is 2.64.